The van der Waals surface area contributed by atoms with Crippen molar-refractivity contribution >= 4 is 11.9 Å². The number of carbonyl (C=O) groups excluding carboxylic acids is 1. The number of rotatable bonds is 5. The fraction of sp³-hybridized carbons (Fsp3) is 0.800. The summed E-state index contributed by atoms with van der Waals surface area (Å²) < 4.78 is 4.86. The summed E-state index contributed by atoms with van der Waals surface area (Å²) in [4.78, 5) is 21.7. The minimum atomic E-state index is -1.05. The van der Waals surface area contributed by atoms with Gasteiger partial charge < -0.3 is 15.2 Å². The van der Waals surface area contributed by atoms with E-state index in [0.29, 0.717) is 0 Å². The van der Waals surface area contributed by atoms with Crippen LogP contribution in [-0.2, 0) is 14.3 Å². The van der Waals surface area contributed by atoms with E-state index < -0.39 is 12.1 Å². The first-order chi connectivity index (χ1) is 7.09. The molecule has 0 aromatic rings. The van der Waals surface area contributed by atoms with Crippen LogP contribution >= 0.6 is 0 Å². The van der Waals surface area contributed by atoms with Gasteiger partial charge in [-0.3, -0.25) is 4.79 Å². The zero-order valence-electron chi connectivity index (χ0n) is 8.86. The molecule has 1 atom stereocenters. The zero-order valence-corrected chi connectivity index (χ0v) is 8.86. The van der Waals surface area contributed by atoms with Gasteiger partial charge in [-0.25, -0.2) is 4.79 Å². The van der Waals surface area contributed by atoms with Gasteiger partial charge in [0.2, 0.25) is 5.91 Å². The molecule has 5 heteroatoms. The summed E-state index contributed by atoms with van der Waals surface area (Å²) in [5.41, 5.74) is 0. The molecule has 15 heavy (non-hydrogen) atoms. The molecule has 0 heterocycles. The van der Waals surface area contributed by atoms with Crippen molar-refractivity contribution in [2.24, 2.45) is 0 Å². The standard InChI is InChI=1S/C10H17NO4/c1-7(10(13)14)15-6-9(12)11-8-4-2-3-5-8/h7-8H,2-6H2,1H3,(H,11,12)(H,13,14)/t7-/m0/s1. The first-order valence-corrected chi connectivity index (χ1v) is 5.23. The maximum Gasteiger partial charge on any atom is 0.332 e. The molecular weight excluding hydrogens is 198 g/mol. The summed E-state index contributed by atoms with van der Waals surface area (Å²) in [5.74, 6) is -1.28. The second kappa shape index (κ2) is 5.70. The first-order valence-electron chi connectivity index (χ1n) is 5.23. The van der Waals surface area contributed by atoms with E-state index in [1.54, 1.807) is 0 Å². The number of hydrogen-bond acceptors (Lipinski definition) is 3. The fourth-order valence-electron chi connectivity index (χ4n) is 1.61. The van der Waals surface area contributed by atoms with Crippen LogP contribution in [0.1, 0.15) is 32.6 Å². The number of aliphatic carboxylic acids is 1. The Labute approximate surface area is 88.8 Å². The van der Waals surface area contributed by atoms with Crippen LogP contribution in [-0.4, -0.2) is 35.7 Å². The lowest BCUT2D eigenvalue weighted by Gasteiger charge is -2.13. The highest BCUT2D eigenvalue weighted by atomic mass is 16.5. The van der Waals surface area contributed by atoms with E-state index in [0.717, 1.165) is 25.7 Å². The number of hydrogen-bond donors (Lipinski definition) is 2. The number of carboxylic acids is 1. The Kier molecular flexibility index (Phi) is 4.55. The van der Waals surface area contributed by atoms with Crippen molar-refractivity contribution in [2.75, 3.05) is 6.61 Å². The molecule has 0 unspecified atom stereocenters. The van der Waals surface area contributed by atoms with Gasteiger partial charge in [-0.2, -0.15) is 0 Å². The Morgan fingerprint density at radius 2 is 2.07 bits per heavy atom. The maximum absolute atomic E-state index is 11.3. The Morgan fingerprint density at radius 3 is 2.60 bits per heavy atom. The zero-order chi connectivity index (χ0) is 11.3. The monoisotopic (exact) mass is 215 g/mol. The van der Waals surface area contributed by atoms with Crippen molar-refractivity contribution in [3.8, 4) is 0 Å². The number of amides is 1. The van der Waals surface area contributed by atoms with E-state index >= 15 is 0 Å². The Bertz CT molecular complexity index is 236. The lowest BCUT2D eigenvalue weighted by molar-refractivity contribution is -0.150. The van der Waals surface area contributed by atoms with Gasteiger partial charge in [-0.1, -0.05) is 12.8 Å². The van der Waals surface area contributed by atoms with Crippen molar-refractivity contribution in [1.29, 1.82) is 0 Å². The molecule has 1 aliphatic carbocycles. The van der Waals surface area contributed by atoms with Gasteiger partial charge in [-0.05, 0) is 19.8 Å². The van der Waals surface area contributed by atoms with Crippen molar-refractivity contribution in [1.82, 2.24) is 5.32 Å². The predicted molar refractivity (Wildman–Crippen MR) is 53.4 cm³/mol. The molecule has 0 aromatic heterocycles. The van der Waals surface area contributed by atoms with Crippen molar-refractivity contribution in [3.63, 3.8) is 0 Å². The topological polar surface area (TPSA) is 75.6 Å². The maximum atomic E-state index is 11.3. The van der Waals surface area contributed by atoms with Crippen molar-refractivity contribution < 1.29 is 19.4 Å². The van der Waals surface area contributed by atoms with Gasteiger partial charge in [0.25, 0.3) is 0 Å². The van der Waals surface area contributed by atoms with Gasteiger partial charge in [0.05, 0.1) is 0 Å². The summed E-state index contributed by atoms with van der Waals surface area (Å²) >= 11 is 0. The van der Waals surface area contributed by atoms with Crippen LogP contribution in [0.5, 0.6) is 0 Å². The second-order valence-corrected chi connectivity index (χ2v) is 3.84. The molecule has 1 saturated carbocycles. The minimum Gasteiger partial charge on any atom is -0.479 e. The highest BCUT2D eigenvalue weighted by Gasteiger charge is 2.18. The van der Waals surface area contributed by atoms with Crippen LogP contribution in [0.4, 0.5) is 0 Å². The molecule has 2 N–H and O–H groups in total. The van der Waals surface area contributed by atoms with Gasteiger partial charge >= 0.3 is 5.97 Å². The van der Waals surface area contributed by atoms with E-state index in [2.05, 4.69) is 5.32 Å². The highest BCUT2D eigenvalue weighted by Crippen LogP contribution is 2.17. The molecule has 0 saturated heterocycles. The van der Waals surface area contributed by atoms with Gasteiger partial charge in [0, 0.05) is 6.04 Å². The van der Waals surface area contributed by atoms with Gasteiger partial charge in [0.15, 0.2) is 6.10 Å². The average molecular weight is 215 g/mol. The smallest absolute Gasteiger partial charge is 0.332 e. The number of carbonyl (C=O) groups is 2. The van der Waals surface area contributed by atoms with E-state index in [1.165, 1.54) is 6.92 Å². The van der Waals surface area contributed by atoms with E-state index in [9.17, 15) is 9.59 Å². The van der Waals surface area contributed by atoms with Gasteiger partial charge in [-0.15, -0.1) is 0 Å². The Hall–Kier alpha value is -1.10. The van der Waals surface area contributed by atoms with Crippen LogP contribution in [0.25, 0.3) is 0 Å². The van der Waals surface area contributed by atoms with Crippen LogP contribution in [0.15, 0.2) is 0 Å². The second-order valence-electron chi connectivity index (χ2n) is 3.84. The largest absolute Gasteiger partial charge is 0.479 e. The number of ether oxygens (including phenoxy) is 1. The van der Waals surface area contributed by atoms with Crippen LogP contribution in [0, 0.1) is 0 Å². The summed E-state index contributed by atoms with van der Waals surface area (Å²) in [6, 6.07) is 0.251. The molecule has 5 nitrogen and oxygen atoms in total. The molecule has 0 bridgehead atoms. The number of carboxylic acid groups (broad SMARTS) is 1. The molecule has 0 spiro atoms. The Balaban J connectivity index is 2.15. The van der Waals surface area contributed by atoms with E-state index in [1.807, 2.05) is 0 Å². The third-order valence-electron chi connectivity index (χ3n) is 2.53. The van der Waals surface area contributed by atoms with Crippen molar-refractivity contribution in [3.05, 3.63) is 0 Å². The summed E-state index contributed by atoms with van der Waals surface area (Å²) in [7, 11) is 0. The summed E-state index contributed by atoms with van der Waals surface area (Å²) in [5, 5.41) is 11.3. The lowest BCUT2D eigenvalue weighted by atomic mass is 10.2. The molecule has 1 fully saturated rings. The molecule has 1 rings (SSSR count). The van der Waals surface area contributed by atoms with Crippen LogP contribution in [0.3, 0.4) is 0 Å². The molecule has 1 aliphatic rings. The highest BCUT2D eigenvalue weighted by molar-refractivity contribution is 5.78. The van der Waals surface area contributed by atoms with Crippen molar-refractivity contribution in [2.45, 2.75) is 44.8 Å². The summed E-state index contributed by atoms with van der Waals surface area (Å²) in [6.07, 6.45) is 3.40. The quantitative estimate of drug-likeness (QED) is 0.701. The van der Waals surface area contributed by atoms with Crippen LogP contribution < -0.4 is 5.32 Å². The molecular formula is C10H17NO4. The summed E-state index contributed by atoms with van der Waals surface area (Å²) in [6.45, 7) is 1.23. The first kappa shape index (κ1) is 12.0. The predicted octanol–water partition coefficient (Wildman–Crippen LogP) is 0.535. The lowest BCUT2D eigenvalue weighted by Crippen LogP contribution is -2.37. The van der Waals surface area contributed by atoms with Crippen LogP contribution in [0.2, 0.25) is 0 Å². The van der Waals surface area contributed by atoms with E-state index in [4.69, 9.17) is 9.84 Å². The molecule has 0 aliphatic heterocycles. The third kappa shape index (κ3) is 4.29. The van der Waals surface area contributed by atoms with E-state index in [-0.39, 0.29) is 18.6 Å². The van der Waals surface area contributed by atoms with Gasteiger partial charge in [0.1, 0.15) is 6.61 Å². The minimum absolute atomic E-state index is 0.177. The molecule has 0 radical (unpaired) electrons. The third-order valence-corrected chi connectivity index (χ3v) is 2.53. The molecule has 0 aromatic carbocycles. The molecule has 86 valence electrons. The Morgan fingerprint density at radius 1 is 1.47 bits per heavy atom. The fourth-order valence-corrected chi connectivity index (χ4v) is 1.61. The SMILES string of the molecule is C[C@H](OCC(=O)NC1CCCC1)C(=O)O. The average Bonchev–Trinajstić information content (AvgIpc) is 2.66. The number of nitrogens with one attached hydrogen (secondary N) is 1. The normalized spacial score (nSPS) is 18.7. The molecule has 1 amide bonds.